The standard InChI is InChI=1S/C19H18F3N3O4/c1-24-11-12(4-5-16(24)26)17(27)23-15-9-13(8-14(10-15)19(20,21)22)18(28)25-6-2-3-7-29-25/h4-5,8-11H,2-3,6-7H2,1H3,(H,23,27). The van der Waals surface area contributed by atoms with Crippen molar-refractivity contribution in [2.24, 2.45) is 7.05 Å². The van der Waals surface area contributed by atoms with Gasteiger partial charge in [-0.3, -0.25) is 19.2 Å². The predicted octanol–water partition coefficient (Wildman–Crippen LogP) is 2.82. The summed E-state index contributed by atoms with van der Waals surface area (Å²) in [6.45, 7) is 0.579. The van der Waals surface area contributed by atoms with E-state index < -0.39 is 23.6 Å². The number of hydrogen-bond donors (Lipinski definition) is 1. The summed E-state index contributed by atoms with van der Waals surface area (Å²) in [6.07, 6.45) is -2.01. The first kappa shape index (κ1) is 20.6. The van der Waals surface area contributed by atoms with E-state index >= 15 is 0 Å². The van der Waals surface area contributed by atoms with Crippen LogP contribution in [-0.2, 0) is 18.1 Å². The number of hydroxylamine groups is 2. The Morgan fingerprint density at radius 2 is 1.86 bits per heavy atom. The van der Waals surface area contributed by atoms with E-state index in [9.17, 15) is 27.6 Å². The highest BCUT2D eigenvalue weighted by molar-refractivity contribution is 6.05. The number of carbonyl (C=O) groups is 2. The second-order valence-corrected chi connectivity index (χ2v) is 6.57. The minimum absolute atomic E-state index is 0.0803. The molecule has 2 aromatic rings. The molecule has 3 rings (SSSR count). The zero-order chi connectivity index (χ0) is 21.2. The quantitative estimate of drug-likeness (QED) is 0.846. The Morgan fingerprint density at radius 1 is 1.10 bits per heavy atom. The van der Waals surface area contributed by atoms with Crippen LogP contribution in [0.25, 0.3) is 0 Å². The van der Waals surface area contributed by atoms with E-state index in [-0.39, 0.29) is 28.9 Å². The van der Waals surface area contributed by atoms with Gasteiger partial charge >= 0.3 is 6.18 Å². The van der Waals surface area contributed by atoms with Gasteiger partial charge in [-0.15, -0.1) is 0 Å². The summed E-state index contributed by atoms with van der Waals surface area (Å²) in [6, 6.07) is 5.06. The van der Waals surface area contributed by atoms with E-state index in [0.717, 1.165) is 29.7 Å². The summed E-state index contributed by atoms with van der Waals surface area (Å²) in [5.74, 6) is -1.43. The number of alkyl halides is 3. The van der Waals surface area contributed by atoms with Crippen molar-refractivity contribution in [3.63, 3.8) is 0 Å². The number of rotatable bonds is 3. The van der Waals surface area contributed by atoms with Crippen molar-refractivity contribution in [3.8, 4) is 0 Å². The Kier molecular flexibility index (Phi) is 5.73. The molecule has 0 unspecified atom stereocenters. The number of anilines is 1. The molecule has 0 spiro atoms. The highest BCUT2D eigenvalue weighted by atomic mass is 19.4. The number of carbonyl (C=O) groups excluding carboxylic acids is 2. The highest BCUT2D eigenvalue weighted by Crippen LogP contribution is 2.32. The minimum atomic E-state index is -4.71. The Morgan fingerprint density at radius 3 is 2.48 bits per heavy atom. The molecule has 1 N–H and O–H groups in total. The van der Waals surface area contributed by atoms with Crippen LogP contribution in [0.1, 0.15) is 39.1 Å². The summed E-state index contributed by atoms with van der Waals surface area (Å²) < 4.78 is 41.1. The molecule has 1 aliphatic rings. The number of nitrogens with one attached hydrogen (secondary N) is 1. The molecule has 0 bridgehead atoms. The summed E-state index contributed by atoms with van der Waals surface area (Å²) in [4.78, 5) is 41.6. The van der Waals surface area contributed by atoms with Gasteiger partial charge in [-0.1, -0.05) is 0 Å². The first-order chi connectivity index (χ1) is 13.6. The van der Waals surface area contributed by atoms with Gasteiger partial charge in [-0.05, 0) is 37.1 Å². The van der Waals surface area contributed by atoms with Crippen LogP contribution in [0.15, 0.2) is 41.3 Å². The normalized spacial score (nSPS) is 14.6. The lowest BCUT2D eigenvalue weighted by molar-refractivity contribution is -0.144. The first-order valence-corrected chi connectivity index (χ1v) is 8.80. The summed E-state index contributed by atoms with van der Waals surface area (Å²) in [5.41, 5.74) is -1.78. The molecular formula is C19H18F3N3O4. The van der Waals surface area contributed by atoms with Crippen molar-refractivity contribution in [3.05, 3.63) is 63.6 Å². The van der Waals surface area contributed by atoms with Crippen LogP contribution in [0.2, 0.25) is 0 Å². The number of nitrogens with zero attached hydrogens (tertiary/aromatic N) is 2. The zero-order valence-corrected chi connectivity index (χ0v) is 15.5. The average Bonchev–Trinajstić information content (AvgIpc) is 2.69. The van der Waals surface area contributed by atoms with Gasteiger partial charge in [-0.2, -0.15) is 13.2 Å². The summed E-state index contributed by atoms with van der Waals surface area (Å²) >= 11 is 0. The van der Waals surface area contributed by atoms with Gasteiger partial charge in [-0.25, -0.2) is 5.06 Å². The maximum atomic E-state index is 13.3. The second-order valence-electron chi connectivity index (χ2n) is 6.57. The lowest BCUT2D eigenvalue weighted by Crippen LogP contribution is -2.35. The topological polar surface area (TPSA) is 80.6 Å². The number of amides is 2. The smallest absolute Gasteiger partial charge is 0.322 e. The van der Waals surface area contributed by atoms with Gasteiger partial charge in [0.2, 0.25) is 5.56 Å². The van der Waals surface area contributed by atoms with E-state index in [2.05, 4.69) is 5.32 Å². The van der Waals surface area contributed by atoms with E-state index in [0.29, 0.717) is 13.0 Å². The molecule has 7 nitrogen and oxygen atoms in total. The number of pyridine rings is 1. The zero-order valence-electron chi connectivity index (χ0n) is 15.5. The first-order valence-electron chi connectivity index (χ1n) is 8.80. The molecular weight excluding hydrogens is 391 g/mol. The molecule has 154 valence electrons. The third-order valence-electron chi connectivity index (χ3n) is 4.34. The molecule has 0 radical (unpaired) electrons. The van der Waals surface area contributed by atoms with Gasteiger partial charge in [0.25, 0.3) is 11.8 Å². The molecule has 29 heavy (non-hydrogen) atoms. The van der Waals surface area contributed by atoms with Crippen molar-refractivity contribution < 1.29 is 27.6 Å². The third-order valence-corrected chi connectivity index (χ3v) is 4.34. The Balaban J connectivity index is 1.92. The maximum absolute atomic E-state index is 13.3. The lowest BCUT2D eigenvalue weighted by atomic mass is 10.1. The molecule has 1 saturated heterocycles. The van der Waals surface area contributed by atoms with Crippen molar-refractivity contribution in [2.45, 2.75) is 19.0 Å². The molecule has 1 fully saturated rings. The number of halogens is 3. The van der Waals surface area contributed by atoms with E-state index in [4.69, 9.17) is 4.84 Å². The molecule has 1 aliphatic heterocycles. The van der Waals surface area contributed by atoms with Crippen molar-refractivity contribution in [2.75, 3.05) is 18.5 Å². The van der Waals surface area contributed by atoms with E-state index in [1.165, 1.54) is 29.9 Å². The molecule has 10 heteroatoms. The molecule has 0 atom stereocenters. The van der Waals surface area contributed by atoms with E-state index in [1.807, 2.05) is 0 Å². The van der Waals surface area contributed by atoms with Crippen LogP contribution in [0, 0.1) is 0 Å². The van der Waals surface area contributed by atoms with Crippen LogP contribution >= 0.6 is 0 Å². The second kappa shape index (κ2) is 8.08. The SMILES string of the molecule is Cn1cc(C(=O)Nc2cc(C(=O)N3CCCCO3)cc(C(F)(F)F)c2)ccc1=O. The van der Waals surface area contributed by atoms with Crippen LogP contribution in [-0.4, -0.2) is 34.6 Å². The Hall–Kier alpha value is -3.14. The summed E-state index contributed by atoms with van der Waals surface area (Å²) in [5, 5.41) is 3.38. The maximum Gasteiger partial charge on any atom is 0.416 e. The van der Waals surface area contributed by atoms with E-state index in [1.54, 1.807) is 0 Å². The third kappa shape index (κ3) is 4.83. The van der Waals surface area contributed by atoms with Gasteiger partial charge in [0.05, 0.1) is 17.7 Å². The van der Waals surface area contributed by atoms with Crippen LogP contribution < -0.4 is 10.9 Å². The molecule has 0 aliphatic carbocycles. The molecule has 0 saturated carbocycles. The minimum Gasteiger partial charge on any atom is -0.322 e. The number of aromatic nitrogens is 1. The van der Waals surface area contributed by atoms with Gasteiger partial charge in [0.15, 0.2) is 0 Å². The summed E-state index contributed by atoms with van der Waals surface area (Å²) in [7, 11) is 1.44. The number of hydrogen-bond acceptors (Lipinski definition) is 4. The van der Waals surface area contributed by atoms with Crippen molar-refractivity contribution in [1.29, 1.82) is 0 Å². The fourth-order valence-corrected chi connectivity index (χ4v) is 2.82. The largest absolute Gasteiger partial charge is 0.416 e. The predicted molar refractivity (Wildman–Crippen MR) is 97.3 cm³/mol. The van der Waals surface area contributed by atoms with Crippen molar-refractivity contribution >= 4 is 17.5 Å². The van der Waals surface area contributed by atoms with Crippen molar-refractivity contribution in [1.82, 2.24) is 9.63 Å². The molecule has 2 amide bonds. The average molecular weight is 409 g/mol. The lowest BCUT2D eigenvalue weighted by Gasteiger charge is -2.26. The van der Waals surface area contributed by atoms with Gasteiger partial charge < -0.3 is 9.88 Å². The van der Waals surface area contributed by atoms with Gasteiger partial charge in [0.1, 0.15) is 0 Å². The van der Waals surface area contributed by atoms with Crippen LogP contribution in [0.3, 0.4) is 0 Å². The number of aryl methyl sites for hydroxylation is 1. The monoisotopic (exact) mass is 409 g/mol. The Labute approximate surface area is 163 Å². The highest BCUT2D eigenvalue weighted by Gasteiger charge is 2.33. The van der Waals surface area contributed by atoms with Crippen LogP contribution in [0.5, 0.6) is 0 Å². The fourth-order valence-electron chi connectivity index (χ4n) is 2.82. The Bertz CT molecular complexity index is 995. The fraction of sp³-hybridized carbons (Fsp3) is 0.316. The molecule has 1 aromatic heterocycles. The molecule has 2 heterocycles. The number of benzene rings is 1. The van der Waals surface area contributed by atoms with Gasteiger partial charge in [0, 0.05) is 37.1 Å². The van der Waals surface area contributed by atoms with Crippen LogP contribution in [0.4, 0.5) is 18.9 Å². The molecule has 1 aromatic carbocycles.